The molecule has 2 aliphatic rings. The molecule has 1 aromatic carbocycles. The van der Waals surface area contributed by atoms with Gasteiger partial charge in [0, 0.05) is 45.2 Å². The fourth-order valence-corrected chi connectivity index (χ4v) is 6.11. The highest BCUT2D eigenvalue weighted by Crippen LogP contribution is 2.47. The van der Waals surface area contributed by atoms with Crippen LogP contribution in [0.5, 0.6) is 0 Å². The number of thiazole rings is 1. The maximum absolute atomic E-state index is 14.0. The molecule has 1 unspecified atom stereocenters. The summed E-state index contributed by atoms with van der Waals surface area (Å²) in [7, 11) is 5.32. The SMILES string of the molecule is CN(C)C(=O)C(Cc1cscn1)CN1CCC2(CC1)C(=O)N(C)c1ccc(F)cc12.O=C(O)CC(O)(CC(=O)O)C(=O)O. The lowest BCUT2D eigenvalue weighted by Crippen LogP contribution is -2.50. The molecule has 1 aromatic heterocycles. The summed E-state index contributed by atoms with van der Waals surface area (Å²) in [6.45, 7) is 2.03. The van der Waals surface area contributed by atoms with Gasteiger partial charge in [0.05, 0.1) is 35.4 Å². The molecule has 15 heteroatoms. The number of nitrogens with zero attached hydrogens (tertiary/aromatic N) is 4. The minimum atomic E-state index is -2.74. The highest BCUT2D eigenvalue weighted by Gasteiger charge is 2.51. The van der Waals surface area contributed by atoms with Gasteiger partial charge in [0.15, 0.2) is 5.60 Å². The van der Waals surface area contributed by atoms with Gasteiger partial charge in [-0.25, -0.2) is 14.2 Å². The van der Waals surface area contributed by atoms with E-state index in [0.29, 0.717) is 38.9 Å². The summed E-state index contributed by atoms with van der Waals surface area (Å²) < 4.78 is 14.0. The molecule has 0 aliphatic carbocycles. The number of carbonyl (C=O) groups excluding carboxylic acids is 2. The Morgan fingerprint density at radius 3 is 2.21 bits per heavy atom. The standard InChI is InChI=1S/C22H27FN4O2S.C6H8O7/c1-25(2)20(28)15(10-17-13-30-14-24-17)12-27-8-6-22(7-9-27)18-11-16(23)4-5-19(18)26(3)21(22)29;7-3(8)1-6(13,5(11)12)2-4(9)10/h4-5,11,13-15H,6-10,12H2,1-3H3;13H,1-2H2,(H,7,8)(H,9,10)(H,11,12). The van der Waals surface area contributed by atoms with Crippen LogP contribution < -0.4 is 4.90 Å². The van der Waals surface area contributed by atoms with E-state index in [9.17, 15) is 28.4 Å². The van der Waals surface area contributed by atoms with Crippen LogP contribution in [0.25, 0.3) is 0 Å². The number of piperidine rings is 1. The Labute approximate surface area is 251 Å². The van der Waals surface area contributed by atoms with Crippen molar-refractivity contribution in [2.45, 2.75) is 43.1 Å². The number of fused-ring (bicyclic) bond motifs is 2. The van der Waals surface area contributed by atoms with Gasteiger partial charge in [-0.05, 0) is 49.7 Å². The molecule has 3 heterocycles. The van der Waals surface area contributed by atoms with E-state index in [0.717, 1.165) is 16.9 Å². The number of rotatable bonds is 10. The lowest BCUT2D eigenvalue weighted by Gasteiger charge is -2.39. The van der Waals surface area contributed by atoms with Gasteiger partial charge < -0.3 is 35.1 Å². The van der Waals surface area contributed by atoms with Gasteiger partial charge in [0.25, 0.3) is 0 Å². The third-order valence-electron chi connectivity index (χ3n) is 7.75. The van der Waals surface area contributed by atoms with Crippen LogP contribution >= 0.6 is 11.3 Å². The molecule has 0 radical (unpaired) electrons. The number of likely N-dealkylation sites (tertiary alicyclic amines) is 1. The zero-order chi connectivity index (χ0) is 32.1. The van der Waals surface area contributed by atoms with Gasteiger partial charge in [-0.15, -0.1) is 11.3 Å². The van der Waals surface area contributed by atoms with Gasteiger partial charge in [0.2, 0.25) is 11.8 Å². The van der Waals surface area contributed by atoms with E-state index < -0.39 is 41.8 Å². The predicted octanol–water partition coefficient (Wildman–Crippen LogP) is 1.29. The molecule has 43 heavy (non-hydrogen) atoms. The van der Waals surface area contributed by atoms with Gasteiger partial charge >= 0.3 is 17.9 Å². The summed E-state index contributed by atoms with van der Waals surface area (Å²) in [5.74, 6) is -5.37. The van der Waals surface area contributed by atoms with E-state index in [1.54, 1.807) is 42.5 Å². The summed E-state index contributed by atoms with van der Waals surface area (Å²) in [5, 5.41) is 35.8. The molecule has 13 nitrogen and oxygen atoms in total. The number of benzene rings is 1. The van der Waals surface area contributed by atoms with E-state index in [4.69, 9.17) is 20.4 Å². The molecular formula is C28H35FN4O9S. The van der Waals surface area contributed by atoms with Crippen LogP contribution in [-0.2, 0) is 35.8 Å². The average molecular weight is 623 g/mol. The van der Waals surface area contributed by atoms with Crippen LogP contribution in [0.15, 0.2) is 29.1 Å². The summed E-state index contributed by atoms with van der Waals surface area (Å²) in [5.41, 5.74) is 0.939. The third kappa shape index (κ3) is 7.72. The highest BCUT2D eigenvalue weighted by molar-refractivity contribution is 7.07. The molecule has 1 spiro atoms. The summed E-state index contributed by atoms with van der Waals surface area (Å²) in [4.78, 5) is 66.2. The molecule has 4 rings (SSSR count). The molecule has 4 N–H and O–H groups in total. The summed E-state index contributed by atoms with van der Waals surface area (Å²) in [6.07, 6.45) is -0.417. The Bertz CT molecular complexity index is 1340. The molecule has 1 atom stereocenters. The first-order valence-electron chi connectivity index (χ1n) is 13.4. The number of hydrogen-bond donors (Lipinski definition) is 4. The van der Waals surface area contributed by atoms with Crippen molar-refractivity contribution in [3.63, 3.8) is 0 Å². The largest absolute Gasteiger partial charge is 0.481 e. The Balaban J connectivity index is 0.000000331. The predicted molar refractivity (Wildman–Crippen MR) is 152 cm³/mol. The summed E-state index contributed by atoms with van der Waals surface area (Å²) >= 11 is 1.53. The minimum Gasteiger partial charge on any atom is -0.481 e. The molecular weight excluding hydrogens is 587 g/mol. The fraction of sp³-hybridized carbons (Fsp3) is 0.500. The number of carboxylic acid groups (broad SMARTS) is 3. The molecule has 1 saturated heterocycles. The number of aliphatic carboxylic acids is 3. The van der Waals surface area contributed by atoms with Crippen LogP contribution in [0.2, 0.25) is 0 Å². The van der Waals surface area contributed by atoms with Crippen LogP contribution in [0.1, 0.15) is 36.9 Å². The van der Waals surface area contributed by atoms with Crippen molar-refractivity contribution < 1.29 is 48.8 Å². The molecule has 1 fully saturated rings. The van der Waals surface area contributed by atoms with Crippen LogP contribution in [-0.4, -0.2) is 111 Å². The van der Waals surface area contributed by atoms with E-state index in [1.807, 2.05) is 5.38 Å². The number of halogens is 1. The second kappa shape index (κ2) is 13.6. The molecule has 2 aliphatic heterocycles. The molecule has 2 aromatic rings. The summed E-state index contributed by atoms with van der Waals surface area (Å²) in [6, 6.07) is 4.63. The number of aromatic nitrogens is 1. The van der Waals surface area contributed by atoms with E-state index >= 15 is 0 Å². The molecule has 2 amide bonds. The Kier molecular flexibility index (Phi) is 10.6. The van der Waals surface area contributed by atoms with Crippen LogP contribution in [0.4, 0.5) is 10.1 Å². The number of carboxylic acids is 3. The number of anilines is 1. The van der Waals surface area contributed by atoms with Crippen molar-refractivity contribution in [1.82, 2.24) is 14.8 Å². The van der Waals surface area contributed by atoms with Gasteiger partial charge in [-0.2, -0.15) is 0 Å². The second-order valence-electron chi connectivity index (χ2n) is 11.0. The smallest absolute Gasteiger partial charge is 0.336 e. The van der Waals surface area contributed by atoms with Crippen molar-refractivity contribution in [2.75, 3.05) is 45.7 Å². The molecule has 234 valence electrons. The Hall–Kier alpha value is -3.95. The van der Waals surface area contributed by atoms with Crippen molar-refractivity contribution in [3.8, 4) is 0 Å². The van der Waals surface area contributed by atoms with E-state index in [-0.39, 0.29) is 23.5 Å². The van der Waals surface area contributed by atoms with Crippen molar-refractivity contribution in [1.29, 1.82) is 0 Å². The zero-order valence-electron chi connectivity index (χ0n) is 24.0. The lowest BCUT2D eigenvalue weighted by molar-refractivity contribution is -0.170. The minimum absolute atomic E-state index is 0.0474. The molecule has 0 saturated carbocycles. The van der Waals surface area contributed by atoms with Crippen LogP contribution in [0, 0.1) is 11.7 Å². The van der Waals surface area contributed by atoms with Crippen molar-refractivity contribution in [3.05, 3.63) is 46.2 Å². The third-order valence-corrected chi connectivity index (χ3v) is 8.39. The van der Waals surface area contributed by atoms with Gasteiger partial charge in [-0.1, -0.05) is 0 Å². The Morgan fingerprint density at radius 1 is 1.12 bits per heavy atom. The van der Waals surface area contributed by atoms with Gasteiger partial charge in [-0.3, -0.25) is 19.2 Å². The first kappa shape index (κ1) is 33.6. The first-order valence-corrected chi connectivity index (χ1v) is 14.3. The van der Waals surface area contributed by atoms with Crippen LogP contribution in [0.3, 0.4) is 0 Å². The normalized spacial score (nSPS) is 16.7. The quantitative estimate of drug-likeness (QED) is 0.299. The van der Waals surface area contributed by atoms with Crippen molar-refractivity contribution in [2.24, 2.45) is 5.92 Å². The van der Waals surface area contributed by atoms with E-state index in [1.165, 1.54) is 23.5 Å². The monoisotopic (exact) mass is 622 g/mol. The topological polar surface area (TPSA) is 189 Å². The number of hydrogen-bond acceptors (Lipinski definition) is 9. The number of aliphatic hydroxyl groups is 1. The highest BCUT2D eigenvalue weighted by atomic mass is 32.1. The lowest BCUT2D eigenvalue weighted by atomic mass is 9.73. The zero-order valence-corrected chi connectivity index (χ0v) is 24.8. The maximum Gasteiger partial charge on any atom is 0.336 e. The number of likely N-dealkylation sites (N-methyl/N-ethyl adjacent to an activating group) is 1. The number of carbonyl (C=O) groups is 5. The Morgan fingerprint density at radius 2 is 1.72 bits per heavy atom. The van der Waals surface area contributed by atoms with Gasteiger partial charge in [0.1, 0.15) is 5.82 Å². The average Bonchev–Trinajstić information content (AvgIpc) is 3.50. The second-order valence-corrected chi connectivity index (χ2v) is 11.7. The fourth-order valence-electron chi connectivity index (χ4n) is 5.54. The first-order chi connectivity index (χ1) is 20.1. The number of amides is 2. The maximum atomic E-state index is 14.0. The van der Waals surface area contributed by atoms with Crippen molar-refractivity contribution >= 4 is 46.7 Å². The van der Waals surface area contributed by atoms with E-state index in [2.05, 4.69) is 9.88 Å². The molecule has 0 bridgehead atoms.